The first-order valence-electron chi connectivity index (χ1n) is 12.0. The van der Waals surface area contributed by atoms with Crippen molar-refractivity contribution in [3.63, 3.8) is 0 Å². The average molecular weight is 516 g/mol. The quantitative estimate of drug-likeness (QED) is 0.461. The summed E-state index contributed by atoms with van der Waals surface area (Å²) in [5.74, 6) is 0.249. The molecule has 0 unspecified atom stereocenters. The molecule has 0 atom stereocenters. The maximum Gasteiger partial charge on any atom is 0.275 e. The number of rotatable bonds is 8. The molecule has 2 aromatic heterocycles. The zero-order valence-electron chi connectivity index (χ0n) is 20.2. The van der Waals surface area contributed by atoms with Crippen LogP contribution in [0, 0.1) is 12.8 Å². The highest BCUT2D eigenvalue weighted by molar-refractivity contribution is 7.89. The summed E-state index contributed by atoms with van der Waals surface area (Å²) in [5.41, 5.74) is -0.319. The van der Waals surface area contributed by atoms with Crippen molar-refractivity contribution in [1.82, 2.24) is 25.0 Å². The predicted molar refractivity (Wildman–Crippen MR) is 130 cm³/mol. The number of ether oxygens (including phenoxy) is 1. The van der Waals surface area contributed by atoms with Crippen molar-refractivity contribution < 1.29 is 22.5 Å². The summed E-state index contributed by atoms with van der Waals surface area (Å²) in [5, 5.41) is 11.5. The van der Waals surface area contributed by atoms with E-state index in [1.165, 1.54) is 18.2 Å². The standard InChI is InChI=1S/C24H29N5O6S/c1-15-11-17(35-27-15)14-29-23(31)20-12-18(36(32,33)28-24(2)7-8-24)3-4-19(20)21(26-29)22(30)25-13-16-5-9-34-10-6-16/h3-4,11-12,16,28H,5-10,13-14H2,1-2H3,(H,25,30). The lowest BCUT2D eigenvalue weighted by Gasteiger charge is -2.22. The summed E-state index contributed by atoms with van der Waals surface area (Å²) in [6, 6.07) is 5.85. The molecule has 0 spiro atoms. The first-order chi connectivity index (χ1) is 17.1. The van der Waals surface area contributed by atoms with E-state index in [1.807, 2.05) is 6.92 Å². The Morgan fingerprint density at radius 3 is 2.61 bits per heavy atom. The lowest BCUT2D eigenvalue weighted by molar-refractivity contribution is 0.0642. The molecule has 1 aliphatic carbocycles. The fourth-order valence-electron chi connectivity index (χ4n) is 4.29. The molecule has 192 valence electrons. The van der Waals surface area contributed by atoms with Gasteiger partial charge in [0, 0.05) is 36.8 Å². The third-order valence-corrected chi connectivity index (χ3v) is 8.35. The number of aryl methyl sites for hydroxylation is 1. The van der Waals surface area contributed by atoms with Gasteiger partial charge in [0.2, 0.25) is 10.0 Å². The Hall–Kier alpha value is -3.09. The van der Waals surface area contributed by atoms with Gasteiger partial charge in [0.15, 0.2) is 11.5 Å². The zero-order valence-corrected chi connectivity index (χ0v) is 21.1. The molecule has 1 aromatic carbocycles. The third kappa shape index (κ3) is 5.20. The van der Waals surface area contributed by atoms with E-state index in [2.05, 4.69) is 20.3 Å². The van der Waals surface area contributed by atoms with E-state index in [0.29, 0.717) is 37.1 Å². The highest BCUT2D eigenvalue weighted by Gasteiger charge is 2.41. The highest BCUT2D eigenvalue weighted by Crippen LogP contribution is 2.36. The minimum atomic E-state index is -3.85. The molecule has 12 heteroatoms. The molecule has 1 saturated carbocycles. The molecule has 5 rings (SSSR count). The molecular weight excluding hydrogens is 486 g/mol. The number of nitrogens with one attached hydrogen (secondary N) is 2. The topological polar surface area (TPSA) is 145 Å². The van der Waals surface area contributed by atoms with Gasteiger partial charge in [-0.2, -0.15) is 5.10 Å². The minimum absolute atomic E-state index is 0.0398. The summed E-state index contributed by atoms with van der Waals surface area (Å²) in [7, 11) is -3.85. The molecule has 3 aromatic rings. The molecule has 3 heterocycles. The van der Waals surface area contributed by atoms with Crippen LogP contribution in [0.4, 0.5) is 0 Å². The molecule has 2 N–H and O–H groups in total. The van der Waals surface area contributed by atoms with Gasteiger partial charge in [-0.15, -0.1) is 0 Å². The second-order valence-electron chi connectivity index (χ2n) is 9.89. The van der Waals surface area contributed by atoms with Gasteiger partial charge in [-0.3, -0.25) is 9.59 Å². The Kier molecular flexibility index (Phi) is 6.43. The van der Waals surface area contributed by atoms with Crippen molar-refractivity contribution in [2.75, 3.05) is 19.8 Å². The minimum Gasteiger partial charge on any atom is -0.381 e. The molecular formula is C24H29N5O6S. The van der Waals surface area contributed by atoms with Crippen molar-refractivity contribution in [3.05, 3.63) is 51.8 Å². The van der Waals surface area contributed by atoms with Gasteiger partial charge in [-0.1, -0.05) is 11.2 Å². The second-order valence-corrected chi connectivity index (χ2v) is 11.6. The van der Waals surface area contributed by atoms with Crippen LogP contribution in [0.15, 0.2) is 38.5 Å². The number of fused-ring (bicyclic) bond motifs is 1. The Morgan fingerprint density at radius 2 is 1.94 bits per heavy atom. The molecule has 0 bridgehead atoms. The molecule has 1 amide bonds. The van der Waals surface area contributed by atoms with Crippen LogP contribution in [-0.2, 0) is 21.3 Å². The second kappa shape index (κ2) is 9.41. The summed E-state index contributed by atoms with van der Waals surface area (Å²) in [6.45, 7) is 5.32. The number of hydrogen-bond donors (Lipinski definition) is 2. The van der Waals surface area contributed by atoms with Crippen LogP contribution in [0.1, 0.15) is 54.5 Å². The Morgan fingerprint density at radius 1 is 1.19 bits per heavy atom. The normalized spacial score (nSPS) is 17.8. The maximum absolute atomic E-state index is 13.4. The van der Waals surface area contributed by atoms with Crippen molar-refractivity contribution in [2.45, 2.75) is 56.5 Å². The van der Waals surface area contributed by atoms with Gasteiger partial charge in [-0.05, 0) is 57.6 Å². The number of amides is 1. The Bertz CT molecular complexity index is 1470. The summed E-state index contributed by atoms with van der Waals surface area (Å²) < 4.78 is 40.4. The van der Waals surface area contributed by atoms with E-state index < -0.39 is 27.0 Å². The monoisotopic (exact) mass is 515 g/mol. The number of aromatic nitrogens is 3. The van der Waals surface area contributed by atoms with E-state index in [4.69, 9.17) is 9.26 Å². The number of carbonyl (C=O) groups excluding carboxylic acids is 1. The molecule has 0 radical (unpaired) electrons. The Balaban J connectivity index is 1.54. The average Bonchev–Trinajstić information content (AvgIpc) is 3.43. The van der Waals surface area contributed by atoms with Gasteiger partial charge in [0.05, 0.1) is 16.0 Å². The molecule has 2 aliphatic rings. The number of carbonyl (C=O) groups is 1. The molecule has 36 heavy (non-hydrogen) atoms. The SMILES string of the molecule is Cc1cc(Cn2nc(C(=O)NCC3CCOCC3)c3ccc(S(=O)(=O)NC4(C)CC4)cc3c2=O)on1. The van der Waals surface area contributed by atoms with E-state index in [-0.39, 0.29) is 27.9 Å². The van der Waals surface area contributed by atoms with Crippen molar-refractivity contribution in [2.24, 2.45) is 5.92 Å². The van der Waals surface area contributed by atoms with Gasteiger partial charge in [-0.25, -0.2) is 17.8 Å². The van der Waals surface area contributed by atoms with Crippen LogP contribution in [0.25, 0.3) is 10.8 Å². The molecule has 2 fully saturated rings. The first kappa shape index (κ1) is 24.6. The van der Waals surface area contributed by atoms with Gasteiger partial charge < -0.3 is 14.6 Å². The van der Waals surface area contributed by atoms with Crippen LogP contribution < -0.4 is 15.6 Å². The van der Waals surface area contributed by atoms with Crippen LogP contribution in [0.2, 0.25) is 0 Å². The third-order valence-electron chi connectivity index (χ3n) is 6.71. The number of nitrogens with zero attached hydrogens (tertiary/aromatic N) is 3. The Labute approximate surface area is 208 Å². The van der Waals surface area contributed by atoms with Crippen molar-refractivity contribution in [1.29, 1.82) is 0 Å². The summed E-state index contributed by atoms with van der Waals surface area (Å²) >= 11 is 0. The lowest BCUT2D eigenvalue weighted by Crippen LogP contribution is -2.35. The summed E-state index contributed by atoms with van der Waals surface area (Å²) in [6.07, 6.45) is 3.22. The molecule has 11 nitrogen and oxygen atoms in total. The fourth-order valence-corrected chi connectivity index (χ4v) is 5.78. The maximum atomic E-state index is 13.4. The van der Waals surface area contributed by atoms with Crippen LogP contribution in [0.5, 0.6) is 0 Å². The predicted octanol–water partition coefficient (Wildman–Crippen LogP) is 1.73. The zero-order chi connectivity index (χ0) is 25.5. The molecule has 1 saturated heterocycles. The van der Waals surface area contributed by atoms with Gasteiger partial charge in [0.25, 0.3) is 11.5 Å². The van der Waals surface area contributed by atoms with E-state index >= 15 is 0 Å². The van der Waals surface area contributed by atoms with Crippen LogP contribution in [0.3, 0.4) is 0 Å². The first-order valence-corrected chi connectivity index (χ1v) is 13.5. The lowest BCUT2D eigenvalue weighted by atomic mass is 10.0. The van der Waals surface area contributed by atoms with E-state index in [9.17, 15) is 18.0 Å². The van der Waals surface area contributed by atoms with Gasteiger partial charge >= 0.3 is 0 Å². The van der Waals surface area contributed by atoms with E-state index in [1.54, 1.807) is 13.0 Å². The molecule has 1 aliphatic heterocycles. The largest absolute Gasteiger partial charge is 0.381 e. The van der Waals surface area contributed by atoms with Crippen LogP contribution in [-0.4, -0.2) is 54.6 Å². The number of benzene rings is 1. The number of hydrogen-bond acceptors (Lipinski definition) is 8. The van der Waals surface area contributed by atoms with Crippen LogP contribution >= 0.6 is 0 Å². The van der Waals surface area contributed by atoms with Gasteiger partial charge in [0.1, 0.15) is 6.54 Å². The summed E-state index contributed by atoms with van der Waals surface area (Å²) in [4.78, 5) is 26.5. The van der Waals surface area contributed by atoms with Crippen molar-refractivity contribution >= 4 is 26.7 Å². The number of sulfonamides is 1. The van der Waals surface area contributed by atoms with E-state index in [0.717, 1.165) is 30.4 Å². The van der Waals surface area contributed by atoms with Crippen molar-refractivity contribution in [3.8, 4) is 0 Å². The fraction of sp³-hybridized carbons (Fsp3) is 0.500. The highest BCUT2D eigenvalue weighted by atomic mass is 32.2. The smallest absolute Gasteiger partial charge is 0.275 e.